The van der Waals surface area contributed by atoms with Gasteiger partial charge in [-0.1, -0.05) is 0 Å². The Hall–Kier alpha value is -1.09. The van der Waals surface area contributed by atoms with Crippen molar-refractivity contribution >= 4 is 0 Å². The second-order valence-electron chi connectivity index (χ2n) is 4.75. The third-order valence-corrected chi connectivity index (χ3v) is 3.09. The van der Waals surface area contributed by atoms with Gasteiger partial charge < -0.3 is 10.5 Å². The smallest absolute Gasteiger partial charge is 0.123 e. The standard InChI is InChI=1S/C14H20FNO/c15-13-6-7-14(17-10-11-4-5-11)12(9-13)3-1-2-8-16/h6-7,9,11H,1-5,8,10,16H2. The maximum Gasteiger partial charge on any atom is 0.123 e. The Bertz CT molecular complexity index is 363. The van der Waals surface area contributed by atoms with E-state index in [1.165, 1.54) is 18.9 Å². The number of ether oxygens (including phenoxy) is 1. The van der Waals surface area contributed by atoms with Crippen LogP contribution in [0.1, 0.15) is 31.2 Å². The molecule has 0 spiro atoms. The van der Waals surface area contributed by atoms with E-state index < -0.39 is 0 Å². The first-order valence-corrected chi connectivity index (χ1v) is 6.41. The van der Waals surface area contributed by atoms with E-state index in [-0.39, 0.29) is 5.82 Å². The summed E-state index contributed by atoms with van der Waals surface area (Å²) in [6.45, 7) is 1.46. The lowest BCUT2D eigenvalue weighted by atomic mass is 10.1. The van der Waals surface area contributed by atoms with E-state index in [0.717, 1.165) is 43.1 Å². The minimum atomic E-state index is -0.188. The van der Waals surface area contributed by atoms with E-state index in [4.69, 9.17) is 10.5 Å². The zero-order valence-corrected chi connectivity index (χ0v) is 10.1. The van der Waals surface area contributed by atoms with Gasteiger partial charge in [0.1, 0.15) is 11.6 Å². The molecule has 1 aliphatic carbocycles. The molecular weight excluding hydrogens is 217 g/mol. The van der Waals surface area contributed by atoms with Crippen molar-refractivity contribution in [1.29, 1.82) is 0 Å². The molecule has 0 aliphatic heterocycles. The Morgan fingerprint density at radius 2 is 2.12 bits per heavy atom. The predicted molar refractivity (Wildman–Crippen MR) is 66.6 cm³/mol. The largest absolute Gasteiger partial charge is 0.493 e. The average Bonchev–Trinajstić information content (AvgIpc) is 3.12. The van der Waals surface area contributed by atoms with Crippen LogP contribution in [0.3, 0.4) is 0 Å². The molecule has 2 rings (SSSR count). The van der Waals surface area contributed by atoms with Gasteiger partial charge in [-0.2, -0.15) is 0 Å². The molecule has 1 fully saturated rings. The Kier molecular flexibility index (Phi) is 4.37. The predicted octanol–water partition coefficient (Wildman–Crippen LogP) is 2.90. The second-order valence-corrected chi connectivity index (χ2v) is 4.75. The van der Waals surface area contributed by atoms with Gasteiger partial charge in [0.15, 0.2) is 0 Å². The van der Waals surface area contributed by atoms with Gasteiger partial charge in [0.25, 0.3) is 0 Å². The molecule has 0 saturated heterocycles. The number of hydrogen-bond donors (Lipinski definition) is 1. The number of rotatable bonds is 7. The van der Waals surface area contributed by atoms with Crippen LogP contribution in [-0.4, -0.2) is 13.2 Å². The highest BCUT2D eigenvalue weighted by Crippen LogP contribution is 2.30. The number of halogens is 1. The molecule has 1 aromatic rings. The van der Waals surface area contributed by atoms with E-state index in [1.807, 2.05) is 0 Å². The first-order chi connectivity index (χ1) is 8.29. The SMILES string of the molecule is NCCCCc1cc(F)ccc1OCC1CC1. The second kappa shape index (κ2) is 6.01. The lowest BCUT2D eigenvalue weighted by Gasteiger charge is -2.11. The molecule has 2 nitrogen and oxygen atoms in total. The number of nitrogens with two attached hydrogens (primary N) is 1. The molecule has 0 amide bonds. The van der Waals surface area contributed by atoms with Gasteiger partial charge in [-0.3, -0.25) is 0 Å². The van der Waals surface area contributed by atoms with Crippen molar-refractivity contribution in [2.24, 2.45) is 11.7 Å². The number of hydrogen-bond acceptors (Lipinski definition) is 2. The fourth-order valence-corrected chi connectivity index (χ4v) is 1.84. The molecule has 1 saturated carbocycles. The average molecular weight is 237 g/mol. The summed E-state index contributed by atoms with van der Waals surface area (Å²) in [5.41, 5.74) is 6.43. The summed E-state index contributed by atoms with van der Waals surface area (Å²) < 4.78 is 18.9. The maximum absolute atomic E-state index is 13.2. The molecule has 1 aliphatic rings. The molecule has 3 heteroatoms. The molecule has 0 atom stereocenters. The van der Waals surface area contributed by atoms with Crippen molar-refractivity contribution in [2.75, 3.05) is 13.2 Å². The fraction of sp³-hybridized carbons (Fsp3) is 0.571. The molecule has 2 N–H and O–H groups in total. The van der Waals surface area contributed by atoms with Gasteiger partial charge in [-0.15, -0.1) is 0 Å². The van der Waals surface area contributed by atoms with Crippen LogP contribution < -0.4 is 10.5 Å². The van der Waals surface area contributed by atoms with Crippen LogP contribution in [0.2, 0.25) is 0 Å². The molecule has 94 valence electrons. The Morgan fingerprint density at radius 1 is 1.29 bits per heavy atom. The zero-order chi connectivity index (χ0) is 12.1. The highest BCUT2D eigenvalue weighted by molar-refractivity contribution is 5.34. The van der Waals surface area contributed by atoms with E-state index >= 15 is 0 Å². The molecular formula is C14H20FNO. The van der Waals surface area contributed by atoms with Gasteiger partial charge in [0.05, 0.1) is 6.61 Å². The number of aryl methyl sites for hydroxylation is 1. The minimum Gasteiger partial charge on any atom is -0.493 e. The van der Waals surface area contributed by atoms with Gasteiger partial charge >= 0.3 is 0 Å². The molecule has 0 unspecified atom stereocenters. The quantitative estimate of drug-likeness (QED) is 0.740. The van der Waals surface area contributed by atoms with Crippen LogP contribution in [0.25, 0.3) is 0 Å². The van der Waals surface area contributed by atoms with E-state index in [1.54, 1.807) is 12.1 Å². The lowest BCUT2D eigenvalue weighted by Crippen LogP contribution is -2.03. The topological polar surface area (TPSA) is 35.2 Å². The summed E-state index contributed by atoms with van der Waals surface area (Å²) in [4.78, 5) is 0. The van der Waals surface area contributed by atoms with E-state index in [2.05, 4.69) is 0 Å². The Morgan fingerprint density at radius 3 is 2.82 bits per heavy atom. The molecule has 1 aromatic carbocycles. The maximum atomic E-state index is 13.2. The minimum absolute atomic E-state index is 0.188. The molecule has 0 aromatic heterocycles. The van der Waals surface area contributed by atoms with Gasteiger partial charge in [-0.05, 0) is 68.3 Å². The summed E-state index contributed by atoms with van der Waals surface area (Å²) in [5, 5.41) is 0. The monoisotopic (exact) mass is 237 g/mol. The van der Waals surface area contributed by atoms with E-state index in [0.29, 0.717) is 6.54 Å². The number of unbranched alkanes of at least 4 members (excludes halogenated alkanes) is 1. The van der Waals surface area contributed by atoms with Crippen LogP contribution in [0, 0.1) is 11.7 Å². The van der Waals surface area contributed by atoms with Crippen molar-refractivity contribution in [3.63, 3.8) is 0 Å². The van der Waals surface area contributed by atoms with Gasteiger partial charge in [-0.25, -0.2) is 4.39 Å². The summed E-state index contributed by atoms with van der Waals surface area (Å²) in [7, 11) is 0. The summed E-state index contributed by atoms with van der Waals surface area (Å²) in [6, 6.07) is 4.79. The Balaban J connectivity index is 1.95. The molecule has 0 bridgehead atoms. The van der Waals surface area contributed by atoms with Crippen LogP contribution in [-0.2, 0) is 6.42 Å². The van der Waals surface area contributed by atoms with Crippen LogP contribution >= 0.6 is 0 Å². The van der Waals surface area contributed by atoms with Crippen LogP contribution in [0.4, 0.5) is 4.39 Å². The molecule has 0 heterocycles. The van der Waals surface area contributed by atoms with Gasteiger partial charge in [0, 0.05) is 0 Å². The van der Waals surface area contributed by atoms with Crippen molar-refractivity contribution in [3.8, 4) is 5.75 Å². The number of benzene rings is 1. The zero-order valence-electron chi connectivity index (χ0n) is 10.1. The van der Waals surface area contributed by atoms with Crippen molar-refractivity contribution in [2.45, 2.75) is 32.1 Å². The fourth-order valence-electron chi connectivity index (χ4n) is 1.84. The van der Waals surface area contributed by atoms with Crippen LogP contribution in [0.15, 0.2) is 18.2 Å². The first kappa shape index (κ1) is 12.4. The molecule has 0 radical (unpaired) electrons. The van der Waals surface area contributed by atoms with Crippen molar-refractivity contribution in [3.05, 3.63) is 29.6 Å². The highest BCUT2D eigenvalue weighted by Gasteiger charge is 2.22. The van der Waals surface area contributed by atoms with Crippen molar-refractivity contribution < 1.29 is 9.13 Å². The third kappa shape index (κ3) is 4.00. The highest BCUT2D eigenvalue weighted by atomic mass is 19.1. The normalized spacial score (nSPS) is 14.9. The first-order valence-electron chi connectivity index (χ1n) is 6.41. The van der Waals surface area contributed by atoms with E-state index in [9.17, 15) is 4.39 Å². The van der Waals surface area contributed by atoms with Crippen molar-refractivity contribution in [1.82, 2.24) is 0 Å². The summed E-state index contributed by atoms with van der Waals surface area (Å²) in [5.74, 6) is 1.37. The Labute approximate surface area is 102 Å². The van der Waals surface area contributed by atoms with Gasteiger partial charge in [0.2, 0.25) is 0 Å². The third-order valence-electron chi connectivity index (χ3n) is 3.09. The summed E-state index contributed by atoms with van der Waals surface area (Å²) in [6.07, 6.45) is 5.33. The van der Waals surface area contributed by atoms with Crippen LogP contribution in [0.5, 0.6) is 5.75 Å². The summed E-state index contributed by atoms with van der Waals surface area (Å²) >= 11 is 0. The lowest BCUT2D eigenvalue weighted by molar-refractivity contribution is 0.296. The molecule has 17 heavy (non-hydrogen) atoms.